The first-order valence-electron chi connectivity index (χ1n) is 5.26. The van der Waals surface area contributed by atoms with Gasteiger partial charge in [0.1, 0.15) is 5.82 Å². The average molecular weight is 283 g/mol. The van der Waals surface area contributed by atoms with Crippen molar-refractivity contribution >= 4 is 17.3 Å². The van der Waals surface area contributed by atoms with Crippen LogP contribution in [0.2, 0.25) is 5.02 Å². The van der Waals surface area contributed by atoms with Gasteiger partial charge in [0.05, 0.1) is 17.7 Å². The van der Waals surface area contributed by atoms with E-state index < -0.39 is 16.3 Å². The lowest BCUT2D eigenvalue weighted by atomic mass is 10.2. The zero-order chi connectivity index (χ0) is 14.0. The maximum atomic E-state index is 12.9. The highest BCUT2D eigenvalue weighted by Gasteiger charge is 2.09. The summed E-state index contributed by atoms with van der Waals surface area (Å²) in [6.07, 6.45) is 1.13. The Labute approximate surface area is 112 Å². The second-order valence-corrected chi connectivity index (χ2v) is 4.25. The van der Waals surface area contributed by atoms with Crippen molar-refractivity contribution in [1.82, 2.24) is 4.57 Å². The van der Waals surface area contributed by atoms with Crippen LogP contribution in [-0.2, 0) is 6.54 Å². The highest BCUT2D eigenvalue weighted by Crippen LogP contribution is 2.18. The molecule has 2 rings (SSSR count). The number of halogens is 2. The third-order valence-electron chi connectivity index (χ3n) is 2.53. The van der Waals surface area contributed by atoms with Crippen molar-refractivity contribution in [2.45, 2.75) is 6.54 Å². The van der Waals surface area contributed by atoms with Crippen LogP contribution in [0.5, 0.6) is 0 Å². The van der Waals surface area contributed by atoms with E-state index >= 15 is 0 Å². The van der Waals surface area contributed by atoms with Gasteiger partial charge in [-0.05, 0) is 17.7 Å². The summed E-state index contributed by atoms with van der Waals surface area (Å²) < 4.78 is 14.0. The molecule has 0 fully saturated rings. The number of hydrogen-bond donors (Lipinski definition) is 0. The van der Waals surface area contributed by atoms with Gasteiger partial charge in [-0.3, -0.25) is 14.9 Å². The highest BCUT2D eigenvalue weighted by atomic mass is 35.5. The largest absolute Gasteiger partial charge is 0.304 e. The molecule has 1 heterocycles. The van der Waals surface area contributed by atoms with E-state index in [9.17, 15) is 19.3 Å². The summed E-state index contributed by atoms with van der Waals surface area (Å²) in [7, 11) is 0. The summed E-state index contributed by atoms with van der Waals surface area (Å²) in [5.74, 6) is -0.486. The first-order chi connectivity index (χ1) is 8.97. The van der Waals surface area contributed by atoms with E-state index in [0.29, 0.717) is 5.56 Å². The third-order valence-corrected chi connectivity index (χ3v) is 2.89. The molecular formula is C12H8ClFN2O3. The Balaban J connectivity index is 2.40. The molecule has 98 valence electrons. The van der Waals surface area contributed by atoms with Gasteiger partial charge < -0.3 is 4.57 Å². The van der Waals surface area contributed by atoms with Crippen LogP contribution in [0.4, 0.5) is 10.1 Å². The second kappa shape index (κ2) is 5.19. The van der Waals surface area contributed by atoms with Crippen molar-refractivity contribution in [1.29, 1.82) is 0 Å². The first-order valence-corrected chi connectivity index (χ1v) is 5.64. The van der Waals surface area contributed by atoms with E-state index in [4.69, 9.17) is 11.6 Å². The van der Waals surface area contributed by atoms with Crippen molar-refractivity contribution < 1.29 is 9.31 Å². The van der Waals surface area contributed by atoms with Crippen LogP contribution in [0, 0.1) is 15.9 Å². The van der Waals surface area contributed by atoms with Crippen LogP contribution in [0.25, 0.3) is 0 Å². The lowest BCUT2D eigenvalue weighted by molar-refractivity contribution is -0.385. The molecule has 0 radical (unpaired) electrons. The van der Waals surface area contributed by atoms with Crippen molar-refractivity contribution in [2.75, 3.05) is 0 Å². The van der Waals surface area contributed by atoms with Crippen LogP contribution in [-0.4, -0.2) is 9.49 Å². The van der Waals surface area contributed by atoms with Crippen molar-refractivity contribution in [3.8, 4) is 0 Å². The van der Waals surface area contributed by atoms with Gasteiger partial charge in [-0.25, -0.2) is 4.39 Å². The second-order valence-electron chi connectivity index (χ2n) is 3.85. The lowest BCUT2D eigenvalue weighted by Gasteiger charge is -2.07. The molecular weight excluding hydrogens is 275 g/mol. The summed E-state index contributed by atoms with van der Waals surface area (Å²) in [5.41, 5.74) is -0.0884. The van der Waals surface area contributed by atoms with Gasteiger partial charge in [0.15, 0.2) is 0 Å². The average Bonchev–Trinajstić information content (AvgIpc) is 2.34. The van der Waals surface area contributed by atoms with Gasteiger partial charge >= 0.3 is 0 Å². The van der Waals surface area contributed by atoms with E-state index in [1.54, 1.807) is 0 Å². The fraction of sp³-hybridized carbons (Fsp3) is 0.0833. The topological polar surface area (TPSA) is 65.1 Å². The zero-order valence-corrected chi connectivity index (χ0v) is 10.3. The van der Waals surface area contributed by atoms with Gasteiger partial charge in [0.25, 0.3) is 11.2 Å². The maximum Gasteiger partial charge on any atom is 0.285 e. The summed E-state index contributed by atoms with van der Waals surface area (Å²) in [6.45, 7) is 0.0413. The molecule has 0 aliphatic carbocycles. The van der Waals surface area contributed by atoms with Gasteiger partial charge in [-0.2, -0.15) is 0 Å². The molecule has 0 aliphatic heterocycles. The van der Waals surface area contributed by atoms with Crippen molar-refractivity contribution in [3.05, 3.63) is 73.4 Å². The minimum absolute atomic E-state index is 0.0413. The number of hydrogen-bond acceptors (Lipinski definition) is 3. The highest BCUT2D eigenvalue weighted by molar-refractivity contribution is 6.31. The summed E-state index contributed by atoms with van der Waals surface area (Å²) >= 11 is 5.84. The van der Waals surface area contributed by atoms with Crippen LogP contribution in [0.1, 0.15) is 5.56 Å². The number of nitro groups is 1. The molecule has 5 nitrogen and oxygen atoms in total. The minimum atomic E-state index is -0.595. The molecule has 0 saturated heterocycles. The Hall–Kier alpha value is -2.21. The smallest absolute Gasteiger partial charge is 0.285 e. The molecule has 0 aliphatic rings. The Morgan fingerprint density at radius 1 is 1.32 bits per heavy atom. The molecule has 0 spiro atoms. The third kappa shape index (κ3) is 2.97. The molecule has 1 aromatic heterocycles. The normalized spacial score (nSPS) is 10.4. The van der Waals surface area contributed by atoms with E-state index in [1.807, 2.05) is 0 Å². The standard InChI is InChI=1S/C12H8ClFN2O3/c13-11-5-9(14)2-1-8(11)6-15-7-10(16(18)19)3-4-12(15)17/h1-5,7H,6H2. The summed E-state index contributed by atoms with van der Waals surface area (Å²) in [5, 5.41) is 10.8. The summed E-state index contributed by atoms with van der Waals surface area (Å²) in [4.78, 5) is 21.6. The van der Waals surface area contributed by atoms with Crippen LogP contribution >= 0.6 is 11.6 Å². The molecule has 7 heteroatoms. The molecule has 1 aromatic carbocycles. The number of benzene rings is 1. The molecule has 0 amide bonds. The Bertz CT molecular complexity index is 700. The van der Waals surface area contributed by atoms with E-state index in [-0.39, 0.29) is 17.3 Å². The molecule has 0 atom stereocenters. The predicted molar refractivity (Wildman–Crippen MR) is 67.9 cm³/mol. The maximum absolute atomic E-state index is 12.9. The van der Waals surface area contributed by atoms with E-state index in [1.165, 1.54) is 12.1 Å². The van der Waals surface area contributed by atoms with Gasteiger partial charge in [-0.15, -0.1) is 0 Å². The monoisotopic (exact) mass is 282 g/mol. The molecule has 19 heavy (non-hydrogen) atoms. The molecule has 0 unspecified atom stereocenters. The Kier molecular flexibility index (Phi) is 3.62. The van der Waals surface area contributed by atoms with E-state index in [2.05, 4.69) is 0 Å². The molecule has 0 bridgehead atoms. The van der Waals surface area contributed by atoms with Crippen LogP contribution < -0.4 is 5.56 Å². The van der Waals surface area contributed by atoms with Gasteiger partial charge in [0.2, 0.25) is 0 Å². The van der Waals surface area contributed by atoms with E-state index in [0.717, 1.165) is 29.0 Å². The summed E-state index contributed by atoms with van der Waals surface area (Å²) in [6, 6.07) is 6.01. The fourth-order valence-corrected chi connectivity index (χ4v) is 1.81. The fourth-order valence-electron chi connectivity index (χ4n) is 1.58. The van der Waals surface area contributed by atoms with Crippen LogP contribution in [0.3, 0.4) is 0 Å². The molecule has 0 saturated carbocycles. The first kappa shape index (κ1) is 13.2. The SMILES string of the molecule is O=c1ccc([N+](=O)[O-])cn1Cc1ccc(F)cc1Cl. The quantitative estimate of drug-likeness (QED) is 0.642. The number of pyridine rings is 1. The Morgan fingerprint density at radius 3 is 2.68 bits per heavy atom. The van der Waals surface area contributed by atoms with Crippen molar-refractivity contribution in [2.24, 2.45) is 0 Å². The molecule has 2 aromatic rings. The van der Waals surface area contributed by atoms with Gasteiger partial charge in [-0.1, -0.05) is 17.7 Å². The van der Waals surface area contributed by atoms with Crippen molar-refractivity contribution in [3.63, 3.8) is 0 Å². The Morgan fingerprint density at radius 2 is 2.05 bits per heavy atom. The van der Waals surface area contributed by atoms with Gasteiger partial charge in [0, 0.05) is 17.2 Å². The van der Waals surface area contributed by atoms with Crippen LogP contribution in [0.15, 0.2) is 41.3 Å². The number of nitrogens with zero attached hydrogens (tertiary/aromatic N) is 2. The number of aromatic nitrogens is 1. The zero-order valence-electron chi connectivity index (χ0n) is 9.55. The predicted octanol–water partition coefficient (Wildman–Crippen LogP) is 2.60. The number of rotatable bonds is 3. The molecule has 0 N–H and O–H groups in total. The lowest BCUT2D eigenvalue weighted by Crippen LogP contribution is -2.19. The minimum Gasteiger partial charge on any atom is -0.304 e.